The molecule has 3 aromatic rings. The van der Waals surface area contributed by atoms with Crippen LogP contribution in [0.25, 0.3) is 11.0 Å². The summed E-state index contributed by atoms with van der Waals surface area (Å²) in [5.41, 5.74) is 2.27. The maximum atomic E-state index is 9.20. The summed E-state index contributed by atoms with van der Waals surface area (Å²) in [4.78, 5) is 4.58. The van der Waals surface area contributed by atoms with E-state index in [0.717, 1.165) is 16.9 Å². The molecule has 2 aromatic heterocycles. The second kappa shape index (κ2) is 5.94. The molecular formula is C14H13ClN6. The Morgan fingerprint density at radius 1 is 1.29 bits per heavy atom. The van der Waals surface area contributed by atoms with Gasteiger partial charge in [0.1, 0.15) is 17.4 Å². The smallest absolute Gasteiger partial charge is 0.111 e. The predicted molar refractivity (Wildman–Crippen MR) is 78.9 cm³/mol. The van der Waals surface area contributed by atoms with E-state index in [9.17, 15) is 5.26 Å². The molecule has 0 saturated heterocycles. The summed E-state index contributed by atoms with van der Waals surface area (Å²) in [6, 6.07) is 7.81. The van der Waals surface area contributed by atoms with E-state index in [2.05, 4.69) is 25.9 Å². The van der Waals surface area contributed by atoms with E-state index >= 15 is 0 Å². The third kappa shape index (κ3) is 2.60. The summed E-state index contributed by atoms with van der Waals surface area (Å²) < 4.78 is 3.87. The molecule has 3 rings (SSSR count). The van der Waals surface area contributed by atoms with Crippen molar-refractivity contribution in [2.75, 3.05) is 5.88 Å². The van der Waals surface area contributed by atoms with Gasteiger partial charge in [-0.15, -0.1) is 16.7 Å². The second-order valence-corrected chi connectivity index (χ2v) is 4.95. The summed E-state index contributed by atoms with van der Waals surface area (Å²) in [5.74, 6) is 1.39. The number of hydrogen-bond acceptors (Lipinski definition) is 4. The molecule has 106 valence electrons. The van der Waals surface area contributed by atoms with Crippen LogP contribution in [0.15, 0.2) is 30.6 Å². The zero-order valence-electron chi connectivity index (χ0n) is 11.3. The normalized spacial score (nSPS) is 10.9. The van der Waals surface area contributed by atoms with Crippen LogP contribution in [0.2, 0.25) is 0 Å². The van der Waals surface area contributed by atoms with E-state index < -0.39 is 0 Å². The zero-order valence-corrected chi connectivity index (χ0v) is 12.0. The Bertz CT molecular complexity index is 784. The molecule has 0 saturated carbocycles. The molecule has 1 aromatic carbocycles. The Balaban J connectivity index is 2.02. The summed E-state index contributed by atoms with van der Waals surface area (Å²) in [6.07, 6.45) is 4.14. The van der Waals surface area contributed by atoms with Gasteiger partial charge in [0.05, 0.1) is 23.8 Å². The number of aryl methyl sites for hydroxylation is 3. The van der Waals surface area contributed by atoms with Crippen LogP contribution in [0.3, 0.4) is 0 Å². The second-order valence-electron chi connectivity index (χ2n) is 4.57. The fraction of sp³-hybridized carbons (Fsp3) is 0.286. The van der Waals surface area contributed by atoms with Crippen LogP contribution in [0.5, 0.6) is 0 Å². The zero-order chi connectivity index (χ0) is 14.7. The molecule has 0 aliphatic heterocycles. The van der Waals surface area contributed by atoms with Gasteiger partial charge in [0.15, 0.2) is 0 Å². The molecule has 7 heteroatoms. The van der Waals surface area contributed by atoms with Gasteiger partial charge in [0, 0.05) is 25.0 Å². The molecule has 0 unspecified atom stereocenters. The number of alkyl halides is 1. The summed E-state index contributed by atoms with van der Waals surface area (Å²) in [7, 11) is 0. The van der Waals surface area contributed by atoms with Gasteiger partial charge in [-0.2, -0.15) is 5.26 Å². The number of aromatic nitrogens is 5. The first kappa shape index (κ1) is 13.6. The lowest BCUT2D eigenvalue weighted by Gasteiger charge is -2.08. The van der Waals surface area contributed by atoms with E-state index in [0.29, 0.717) is 31.0 Å². The highest BCUT2D eigenvalue weighted by atomic mass is 35.5. The van der Waals surface area contributed by atoms with Crippen molar-refractivity contribution in [3.8, 4) is 6.07 Å². The van der Waals surface area contributed by atoms with Gasteiger partial charge in [0.2, 0.25) is 0 Å². The van der Waals surface area contributed by atoms with Crippen LogP contribution in [0, 0.1) is 11.3 Å². The first-order chi connectivity index (χ1) is 10.3. The standard InChI is InChI=1S/C14H13ClN6/c15-5-4-13-18-14-11(10-16)2-1-3-12(14)21(13)9-8-20-7-6-17-19-20/h1-3,6-7H,4-5,8-9H2. The Hall–Kier alpha value is -2.39. The highest BCUT2D eigenvalue weighted by Gasteiger charge is 2.13. The minimum atomic E-state index is 0.495. The van der Waals surface area contributed by atoms with Crippen molar-refractivity contribution in [1.29, 1.82) is 5.26 Å². The molecular weight excluding hydrogens is 288 g/mol. The summed E-state index contributed by atoms with van der Waals surface area (Å²) >= 11 is 5.86. The minimum absolute atomic E-state index is 0.495. The summed E-state index contributed by atoms with van der Waals surface area (Å²) in [6.45, 7) is 1.40. The predicted octanol–water partition coefficient (Wildman–Crippen LogP) is 1.98. The van der Waals surface area contributed by atoms with Crippen LogP contribution >= 0.6 is 11.6 Å². The van der Waals surface area contributed by atoms with Crippen molar-refractivity contribution in [2.45, 2.75) is 19.5 Å². The molecule has 0 fully saturated rings. The molecule has 21 heavy (non-hydrogen) atoms. The molecule has 0 amide bonds. The fourth-order valence-electron chi connectivity index (χ4n) is 2.36. The van der Waals surface area contributed by atoms with E-state index in [4.69, 9.17) is 11.6 Å². The molecule has 0 N–H and O–H groups in total. The Kier molecular flexibility index (Phi) is 3.84. The van der Waals surface area contributed by atoms with E-state index in [1.54, 1.807) is 16.9 Å². The summed E-state index contributed by atoms with van der Waals surface area (Å²) in [5, 5.41) is 17.0. The largest absolute Gasteiger partial charge is 0.326 e. The number of imidazole rings is 1. The number of benzene rings is 1. The van der Waals surface area contributed by atoms with Crippen LogP contribution in [0.1, 0.15) is 11.4 Å². The fourth-order valence-corrected chi connectivity index (χ4v) is 2.53. The molecule has 0 atom stereocenters. The monoisotopic (exact) mass is 300 g/mol. The number of para-hydroxylation sites is 1. The Morgan fingerprint density at radius 3 is 2.90 bits per heavy atom. The Morgan fingerprint density at radius 2 is 2.19 bits per heavy atom. The molecule has 0 bridgehead atoms. The Labute approximate surface area is 126 Å². The van der Waals surface area contributed by atoms with Crippen molar-refractivity contribution in [1.82, 2.24) is 24.5 Å². The third-order valence-corrected chi connectivity index (χ3v) is 3.51. The highest BCUT2D eigenvalue weighted by molar-refractivity contribution is 6.17. The maximum Gasteiger partial charge on any atom is 0.111 e. The maximum absolute atomic E-state index is 9.20. The third-order valence-electron chi connectivity index (χ3n) is 3.32. The molecule has 0 radical (unpaired) electrons. The first-order valence-corrected chi connectivity index (χ1v) is 7.15. The number of nitrogens with zero attached hydrogens (tertiary/aromatic N) is 6. The van der Waals surface area contributed by atoms with Crippen LogP contribution < -0.4 is 0 Å². The molecule has 0 aliphatic carbocycles. The number of rotatable bonds is 5. The van der Waals surface area contributed by atoms with E-state index in [1.165, 1.54) is 0 Å². The SMILES string of the molecule is N#Cc1cccc2c1nc(CCCl)n2CCn1ccnn1. The quantitative estimate of drug-likeness (QED) is 0.675. The van der Waals surface area contributed by atoms with Crippen molar-refractivity contribution in [2.24, 2.45) is 0 Å². The van der Waals surface area contributed by atoms with Crippen molar-refractivity contribution in [3.05, 3.63) is 42.0 Å². The van der Waals surface area contributed by atoms with Gasteiger partial charge in [0.25, 0.3) is 0 Å². The average Bonchev–Trinajstić information content (AvgIpc) is 3.12. The lowest BCUT2D eigenvalue weighted by Crippen LogP contribution is -2.11. The van der Waals surface area contributed by atoms with Gasteiger partial charge in [-0.25, -0.2) is 4.98 Å². The topological polar surface area (TPSA) is 72.3 Å². The van der Waals surface area contributed by atoms with Crippen LogP contribution in [-0.4, -0.2) is 30.4 Å². The van der Waals surface area contributed by atoms with Gasteiger partial charge >= 0.3 is 0 Å². The van der Waals surface area contributed by atoms with Gasteiger partial charge in [-0.3, -0.25) is 4.68 Å². The number of fused-ring (bicyclic) bond motifs is 1. The van der Waals surface area contributed by atoms with Gasteiger partial charge < -0.3 is 4.57 Å². The van der Waals surface area contributed by atoms with Gasteiger partial charge in [-0.05, 0) is 12.1 Å². The van der Waals surface area contributed by atoms with Crippen molar-refractivity contribution < 1.29 is 0 Å². The van der Waals surface area contributed by atoms with Crippen LogP contribution in [0.4, 0.5) is 0 Å². The number of hydrogen-bond donors (Lipinski definition) is 0. The lowest BCUT2D eigenvalue weighted by molar-refractivity contribution is 0.516. The lowest BCUT2D eigenvalue weighted by atomic mass is 10.2. The van der Waals surface area contributed by atoms with Crippen molar-refractivity contribution in [3.63, 3.8) is 0 Å². The van der Waals surface area contributed by atoms with E-state index in [1.807, 2.05) is 18.3 Å². The minimum Gasteiger partial charge on any atom is -0.326 e. The molecule has 0 spiro atoms. The molecule has 2 heterocycles. The van der Waals surface area contributed by atoms with Crippen molar-refractivity contribution >= 4 is 22.6 Å². The number of nitriles is 1. The highest BCUT2D eigenvalue weighted by Crippen LogP contribution is 2.20. The van der Waals surface area contributed by atoms with Crippen LogP contribution in [-0.2, 0) is 19.5 Å². The molecule has 6 nitrogen and oxygen atoms in total. The average molecular weight is 301 g/mol. The van der Waals surface area contributed by atoms with E-state index in [-0.39, 0.29) is 0 Å². The molecule has 0 aliphatic rings. The van der Waals surface area contributed by atoms with Gasteiger partial charge in [-0.1, -0.05) is 11.3 Å². The number of halogens is 1. The first-order valence-electron chi connectivity index (χ1n) is 6.62.